The average molecular weight is 575 g/mol. The molecule has 9 nitrogen and oxygen atoms in total. The third-order valence-corrected chi connectivity index (χ3v) is 9.32. The van der Waals surface area contributed by atoms with E-state index in [0.717, 1.165) is 54.3 Å². The Morgan fingerprint density at radius 2 is 1.83 bits per heavy atom. The maximum Gasteiger partial charge on any atom is 0.269 e. The van der Waals surface area contributed by atoms with Gasteiger partial charge in [0.05, 0.1) is 28.4 Å². The van der Waals surface area contributed by atoms with Gasteiger partial charge in [0.25, 0.3) is 10.0 Å². The van der Waals surface area contributed by atoms with Gasteiger partial charge < -0.3 is 14.7 Å². The number of aromatic nitrogens is 3. The zero-order valence-electron chi connectivity index (χ0n) is 23.2. The average Bonchev–Trinajstić information content (AvgIpc) is 3.53. The number of likely N-dealkylation sites (tertiary alicyclic amines) is 1. The van der Waals surface area contributed by atoms with Crippen molar-refractivity contribution in [3.05, 3.63) is 78.6 Å². The summed E-state index contributed by atoms with van der Waals surface area (Å²) in [5.41, 5.74) is 3.33. The molecule has 3 aromatic heterocycles. The van der Waals surface area contributed by atoms with Crippen LogP contribution >= 0.6 is 0 Å². The van der Waals surface area contributed by atoms with Crippen molar-refractivity contribution >= 4 is 32.0 Å². The molecule has 1 aliphatic rings. The predicted molar refractivity (Wildman–Crippen MR) is 159 cm³/mol. The summed E-state index contributed by atoms with van der Waals surface area (Å²) in [5, 5.41) is 11.3. The molecule has 1 fully saturated rings. The van der Waals surface area contributed by atoms with E-state index in [9.17, 15) is 13.5 Å². The largest absolute Gasteiger partial charge is 0.492 e. The Morgan fingerprint density at radius 3 is 2.59 bits per heavy atom. The van der Waals surface area contributed by atoms with Gasteiger partial charge in [0, 0.05) is 48.2 Å². The van der Waals surface area contributed by atoms with Crippen molar-refractivity contribution < 1.29 is 23.1 Å². The molecule has 10 heteroatoms. The molecule has 0 aliphatic carbocycles. The molecule has 0 spiro atoms. The number of fused-ring (bicyclic) bond motifs is 2. The predicted octanol–water partition coefficient (Wildman–Crippen LogP) is 4.49. The van der Waals surface area contributed by atoms with E-state index in [1.807, 2.05) is 50.4 Å². The number of hydrogen-bond donors (Lipinski definition) is 1. The van der Waals surface area contributed by atoms with E-state index < -0.39 is 10.0 Å². The number of benzene rings is 2. The van der Waals surface area contributed by atoms with Crippen LogP contribution in [0, 0.1) is 6.92 Å². The van der Waals surface area contributed by atoms with E-state index in [1.54, 1.807) is 41.3 Å². The molecule has 1 aliphatic heterocycles. The van der Waals surface area contributed by atoms with Crippen molar-refractivity contribution in [2.24, 2.45) is 0 Å². The summed E-state index contributed by atoms with van der Waals surface area (Å²) in [5.74, 6) is 0.703. The molecule has 4 heterocycles. The fourth-order valence-corrected chi connectivity index (χ4v) is 6.89. The van der Waals surface area contributed by atoms with Crippen molar-refractivity contribution in [1.29, 1.82) is 0 Å². The molecule has 0 saturated carbocycles. The van der Waals surface area contributed by atoms with E-state index >= 15 is 0 Å². The highest BCUT2D eigenvalue weighted by atomic mass is 32.2. The van der Waals surface area contributed by atoms with E-state index in [1.165, 1.54) is 3.97 Å². The Bertz CT molecular complexity index is 1780. The van der Waals surface area contributed by atoms with Crippen LogP contribution in [0.1, 0.15) is 25.3 Å². The molecule has 5 aromatic rings. The molecule has 41 heavy (non-hydrogen) atoms. The summed E-state index contributed by atoms with van der Waals surface area (Å²) in [4.78, 5) is 12.9. The van der Waals surface area contributed by atoms with Crippen LogP contribution in [0.3, 0.4) is 0 Å². The monoisotopic (exact) mass is 574 g/mol. The minimum atomic E-state index is -3.96. The van der Waals surface area contributed by atoms with Gasteiger partial charge in [-0.05, 0) is 69.2 Å². The maximum atomic E-state index is 14.1. The number of ether oxygens (including phenoxy) is 1. The van der Waals surface area contributed by atoms with Crippen LogP contribution in [0.5, 0.6) is 5.75 Å². The summed E-state index contributed by atoms with van der Waals surface area (Å²) in [6.07, 6.45) is 4.82. The third kappa shape index (κ3) is 5.30. The summed E-state index contributed by atoms with van der Waals surface area (Å²) in [7, 11) is -3.96. The Morgan fingerprint density at radius 1 is 1.05 bits per heavy atom. The number of aliphatic hydroxyl groups is 1. The highest BCUT2D eigenvalue weighted by molar-refractivity contribution is 7.90. The molecule has 2 aromatic carbocycles. The zero-order valence-corrected chi connectivity index (χ0v) is 24.0. The highest BCUT2D eigenvalue weighted by Gasteiger charge is 2.27. The SMILES string of the molecule is CCOn1cc(-c2cc3cccnc3n2S(=O)(=O)c2ccc(C)cc2)c2ccc(OCCN3CCC(O)CC3)cc21. The first-order chi connectivity index (χ1) is 19.8. The van der Waals surface area contributed by atoms with Crippen LogP contribution in [0.25, 0.3) is 33.2 Å². The first-order valence-electron chi connectivity index (χ1n) is 14.0. The molecule has 214 valence electrons. The second-order valence-corrected chi connectivity index (χ2v) is 12.2. The summed E-state index contributed by atoms with van der Waals surface area (Å²) in [6.45, 7) is 7.31. The highest BCUT2D eigenvalue weighted by Crippen LogP contribution is 2.37. The number of aliphatic hydroxyl groups excluding tert-OH is 1. The Hall–Kier alpha value is -3.86. The van der Waals surface area contributed by atoms with Gasteiger partial charge >= 0.3 is 0 Å². The fraction of sp³-hybridized carbons (Fsp3) is 0.323. The minimum absolute atomic E-state index is 0.194. The first kappa shape index (κ1) is 27.3. The van der Waals surface area contributed by atoms with Crippen LogP contribution in [0.2, 0.25) is 0 Å². The summed E-state index contributed by atoms with van der Waals surface area (Å²) < 4.78 is 37.2. The maximum absolute atomic E-state index is 14.1. The smallest absolute Gasteiger partial charge is 0.269 e. The standard InChI is InChI=1S/C31H34N4O5S/c1-3-40-34-21-28(27-11-8-25(20-29(27)34)39-18-17-33-15-12-24(36)13-16-33)30-19-23-5-4-14-32-31(23)35(30)41(37,38)26-9-6-22(2)7-10-26/h4-11,14,19-21,24,36H,3,12-13,15-18H2,1-2H3. The van der Waals surface area contributed by atoms with Crippen LogP contribution in [-0.4, -0.2) is 71.1 Å². The molecule has 0 radical (unpaired) electrons. The zero-order chi connectivity index (χ0) is 28.6. The fourth-order valence-electron chi connectivity index (χ4n) is 5.41. The van der Waals surface area contributed by atoms with Crippen molar-refractivity contribution in [1.82, 2.24) is 18.6 Å². The normalized spacial score (nSPS) is 15.1. The van der Waals surface area contributed by atoms with Gasteiger partial charge in [-0.2, -0.15) is 4.73 Å². The lowest BCUT2D eigenvalue weighted by atomic mass is 10.1. The Labute approximate surface area is 239 Å². The number of piperidine rings is 1. The number of nitrogens with zero attached hydrogens (tertiary/aromatic N) is 4. The number of pyridine rings is 1. The van der Waals surface area contributed by atoms with Crippen molar-refractivity contribution in [3.63, 3.8) is 0 Å². The lowest BCUT2D eigenvalue weighted by Gasteiger charge is -2.29. The molecule has 6 rings (SSSR count). The van der Waals surface area contributed by atoms with Gasteiger partial charge in [-0.1, -0.05) is 17.7 Å². The first-order valence-corrected chi connectivity index (χ1v) is 15.4. The topological polar surface area (TPSA) is 98.8 Å². The van der Waals surface area contributed by atoms with Gasteiger partial charge in [0.2, 0.25) is 0 Å². The van der Waals surface area contributed by atoms with E-state index in [-0.39, 0.29) is 11.0 Å². The number of rotatable bonds is 9. The summed E-state index contributed by atoms with van der Waals surface area (Å²) in [6, 6.07) is 18.1. The van der Waals surface area contributed by atoms with Gasteiger partial charge in [-0.3, -0.25) is 4.90 Å². The van der Waals surface area contributed by atoms with Crippen molar-refractivity contribution in [2.45, 2.75) is 37.7 Å². The van der Waals surface area contributed by atoms with Crippen molar-refractivity contribution in [3.8, 4) is 17.0 Å². The molecular weight excluding hydrogens is 540 g/mol. The van der Waals surface area contributed by atoms with E-state index in [2.05, 4.69) is 9.88 Å². The summed E-state index contributed by atoms with van der Waals surface area (Å²) >= 11 is 0. The Kier molecular flexibility index (Phi) is 7.46. The second-order valence-electron chi connectivity index (χ2n) is 10.4. The lowest BCUT2D eigenvalue weighted by molar-refractivity contribution is 0.0755. The molecule has 0 amide bonds. The third-order valence-electron chi connectivity index (χ3n) is 7.60. The lowest BCUT2D eigenvalue weighted by Crippen LogP contribution is -2.38. The number of aryl methyl sites for hydroxylation is 1. The molecule has 0 atom stereocenters. The van der Waals surface area contributed by atoms with Gasteiger partial charge in [-0.15, -0.1) is 0 Å². The van der Waals surface area contributed by atoms with Crippen LogP contribution in [-0.2, 0) is 10.0 Å². The quantitative estimate of drug-likeness (QED) is 0.277. The van der Waals surface area contributed by atoms with E-state index in [4.69, 9.17) is 9.57 Å². The molecule has 1 N–H and O–H groups in total. The second kappa shape index (κ2) is 11.2. The molecule has 0 unspecified atom stereocenters. The van der Waals surface area contributed by atoms with Crippen LogP contribution < -0.4 is 9.57 Å². The van der Waals surface area contributed by atoms with Gasteiger partial charge in [-0.25, -0.2) is 17.4 Å². The van der Waals surface area contributed by atoms with E-state index in [0.29, 0.717) is 35.9 Å². The van der Waals surface area contributed by atoms with Crippen LogP contribution in [0.4, 0.5) is 0 Å². The van der Waals surface area contributed by atoms with Crippen molar-refractivity contribution in [2.75, 3.05) is 32.8 Å². The van der Waals surface area contributed by atoms with Gasteiger partial charge in [0.15, 0.2) is 5.65 Å². The van der Waals surface area contributed by atoms with Crippen LogP contribution in [0.15, 0.2) is 78.0 Å². The Balaban J connectivity index is 1.40. The van der Waals surface area contributed by atoms with Gasteiger partial charge in [0.1, 0.15) is 19.0 Å². The molecule has 1 saturated heterocycles. The molecule has 0 bridgehead atoms. The number of hydrogen-bond acceptors (Lipinski definition) is 7. The molecular formula is C31H34N4O5S. The minimum Gasteiger partial charge on any atom is -0.492 e.